The highest BCUT2D eigenvalue weighted by atomic mass is 35.5. The smallest absolute Gasteiger partial charge is 0.243 e. The Kier molecular flexibility index (Phi) is 6.65. The largest absolute Gasteiger partial charge is 0.381 e. The van der Waals surface area contributed by atoms with Gasteiger partial charge in [-0.15, -0.1) is 0 Å². The third kappa shape index (κ3) is 5.01. The van der Waals surface area contributed by atoms with Gasteiger partial charge < -0.3 is 4.74 Å². The fourth-order valence-electron chi connectivity index (χ4n) is 2.06. The summed E-state index contributed by atoms with van der Waals surface area (Å²) in [4.78, 5) is -0.0515. The van der Waals surface area contributed by atoms with Crippen LogP contribution in [0.1, 0.15) is 12.8 Å². The van der Waals surface area contributed by atoms with Crippen molar-refractivity contribution in [3.8, 4) is 0 Å². The molecule has 0 amide bonds. The Morgan fingerprint density at radius 3 is 2.48 bits per heavy atom. The third-order valence-electron chi connectivity index (χ3n) is 3.10. The number of hydrogen-bond acceptors (Lipinski definition) is 4. The van der Waals surface area contributed by atoms with E-state index in [0.29, 0.717) is 17.5 Å². The van der Waals surface area contributed by atoms with Gasteiger partial charge in [0.25, 0.3) is 0 Å². The van der Waals surface area contributed by atoms with Crippen molar-refractivity contribution in [2.45, 2.75) is 23.0 Å². The minimum Gasteiger partial charge on any atom is -0.381 e. The molecule has 1 aromatic rings. The Morgan fingerprint density at radius 1 is 1.24 bits per heavy atom. The van der Waals surface area contributed by atoms with Gasteiger partial charge in [0.15, 0.2) is 0 Å². The number of nitrogens with one attached hydrogen (secondary N) is 1. The van der Waals surface area contributed by atoms with Gasteiger partial charge in [0.2, 0.25) is 10.0 Å². The lowest BCUT2D eigenvalue weighted by molar-refractivity contribution is 0.100. The molecule has 0 spiro atoms. The first-order chi connectivity index (χ1) is 10.0. The second-order valence-corrected chi connectivity index (χ2v) is 8.56. The molecule has 1 fully saturated rings. The summed E-state index contributed by atoms with van der Waals surface area (Å²) in [5.41, 5.74) is 0. The number of halogens is 2. The molecule has 0 aliphatic carbocycles. The molecule has 0 atom stereocenters. The van der Waals surface area contributed by atoms with Crippen LogP contribution in [-0.4, -0.2) is 39.2 Å². The molecular formula is C13H17Cl2NO3S2. The molecule has 2 rings (SSSR count). The van der Waals surface area contributed by atoms with Crippen LogP contribution in [0.5, 0.6) is 0 Å². The minimum absolute atomic E-state index is 0.0515. The van der Waals surface area contributed by atoms with Gasteiger partial charge in [-0.25, -0.2) is 13.1 Å². The second kappa shape index (κ2) is 8.04. The van der Waals surface area contributed by atoms with Crippen LogP contribution in [-0.2, 0) is 14.8 Å². The average molecular weight is 370 g/mol. The standard InChI is InChI=1S/C13H17Cl2NO3S2/c14-11-2-1-3-12(15)13(11)21(17,18)16-6-9-20-10-4-7-19-8-5-10/h1-3,10,16H,4-9H2. The molecule has 1 saturated heterocycles. The maximum absolute atomic E-state index is 12.2. The fraction of sp³-hybridized carbons (Fsp3) is 0.538. The van der Waals surface area contributed by atoms with Crippen LogP contribution in [0.25, 0.3) is 0 Å². The van der Waals surface area contributed by atoms with Gasteiger partial charge in [0.05, 0.1) is 10.0 Å². The molecular weight excluding hydrogens is 353 g/mol. The first-order valence-corrected chi connectivity index (χ1v) is 9.92. The summed E-state index contributed by atoms with van der Waals surface area (Å²) >= 11 is 13.6. The summed E-state index contributed by atoms with van der Waals surface area (Å²) in [6.07, 6.45) is 2.04. The Bertz CT molecular complexity index is 555. The molecule has 0 unspecified atom stereocenters. The highest BCUT2D eigenvalue weighted by Crippen LogP contribution is 2.28. The number of ether oxygens (including phenoxy) is 1. The molecule has 21 heavy (non-hydrogen) atoms. The highest BCUT2D eigenvalue weighted by Gasteiger charge is 2.21. The van der Waals surface area contributed by atoms with Crippen LogP contribution in [0.3, 0.4) is 0 Å². The molecule has 1 N–H and O–H groups in total. The molecule has 4 nitrogen and oxygen atoms in total. The van der Waals surface area contributed by atoms with Gasteiger partial charge in [-0.3, -0.25) is 0 Å². The molecule has 118 valence electrons. The quantitative estimate of drug-likeness (QED) is 0.782. The SMILES string of the molecule is O=S(=O)(NCCSC1CCOCC1)c1c(Cl)cccc1Cl. The first-order valence-electron chi connectivity index (χ1n) is 6.64. The van der Waals surface area contributed by atoms with Crippen molar-refractivity contribution in [2.75, 3.05) is 25.5 Å². The lowest BCUT2D eigenvalue weighted by Gasteiger charge is -2.21. The monoisotopic (exact) mass is 369 g/mol. The zero-order chi connectivity index (χ0) is 15.3. The van der Waals surface area contributed by atoms with Gasteiger partial charge in [-0.1, -0.05) is 29.3 Å². The fourth-order valence-corrected chi connectivity index (χ4v) is 5.44. The van der Waals surface area contributed by atoms with E-state index >= 15 is 0 Å². The Hall–Kier alpha value is 0.0200. The molecule has 0 bridgehead atoms. The summed E-state index contributed by atoms with van der Waals surface area (Å²) in [7, 11) is -3.68. The second-order valence-electron chi connectivity index (χ2n) is 4.63. The molecule has 1 heterocycles. The van der Waals surface area contributed by atoms with E-state index in [9.17, 15) is 8.42 Å². The van der Waals surface area contributed by atoms with Gasteiger partial charge in [-0.05, 0) is 25.0 Å². The van der Waals surface area contributed by atoms with E-state index in [2.05, 4.69) is 4.72 Å². The Morgan fingerprint density at radius 2 is 1.86 bits per heavy atom. The van der Waals surface area contributed by atoms with Crippen LogP contribution >= 0.6 is 35.0 Å². The third-order valence-corrected chi connectivity index (χ3v) is 6.90. The maximum atomic E-state index is 12.2. The summed E-state index contributed by atoms with van der Waals surface area (Å²) in [6, 6.07) is 4.64. The van der Waals surface area contributed by atoms with Crippen LogP contribution in [0.15, 0.2) is 23.1 Å². The van der Waals surface area contributed by atoms with Crippen molar-refractivity contribution >= 4 is 45.0 Å². The lowest BCUT2D eigenvalue weighted by Crippen LogP contribution is -2.27. The van der Waals surface area contributed by atoms with Gasteiger partial charge >= 0.3 is 0 Å². The summed E-state index contributed by atoms with van der Waals surface area (Å²) in [6.45, 7) is 1.93. The van der Waals surface area contributed by atoms with Crippen LogP contribution in [0, 0.1) is 0 Å². The van der Waals surface area contributed by atoms with E-state index in [1.807, 2.05) is 0 Å². The van der Waals surface area contributed by atoms with Gasteiger partial charge in [-0.2, -0.15) is 11.8 Å². The number of benzene rings is 1. The number of thioether (sulfide) groups is 1. The van der Waals surface area contributed by atoms with Crippen LogP contribution < -0.4 is 4.72 Å². The zero-order valence-electron chi connectivity index (χ0n) is 11.3. The van der Waals surface area contributed by atoms with Gasteiger partial charge in [0.1, 0.15) is 4.90 Å². The molecule has 1 aliphatic rings. The van der Waals surface area contributed by atoms with E-state index in [1.54, 1.807) is 17.8 Å². The average Bonchev–Trinajstić information content (AvgIpc) is 2.44. The van der Waals surface area contributed by atoms with E-state index < -0.39 is 10.0 Å². The molecule has 0 saturated carbocycles. The van der Waals surface area contributed by atoms with Crippen molar-refractivity contribution < 1.29 is 13.2 Å². The summed E-state index contributed by atoms with van der Waals surface area (Å²) < 4.78 is 32.3. The van der Waals surface area contributed by atoms with Crippen molar-refractivity contribution in [1.82, 2.24) is 4.72 Å². The van der Waals surface area contributed by atoms with E-state index in [4.69, 9.17) is 27.9 Å². The van der Waals surface area contributed by atoms with Crippen molar-refractivity contribution in [1.29, 1.82) is 0 Å². The van der Waals surface area contributed by atoms with E-state index in [-0.39, 0.29) is 14.9 Å². The van der Waals surface area contributed by atoms with Crippen molar-refractivity contribution in [3.05, 3.63) is 28.2 Å². The molecule has 1 aliphatic heterocycles. The summed E-state index contributed by atoms with van der Waals surface area (Å²) in [5.74, 6) is 0.714. The van der Waals surface area contributed by atoms with E-state index in [0.717, 1.165) is 26.1 Å². The first kappa shape index (κ1) is 17.4. The summed E-state index contributed by atoms with van der Waals surface area (Å²) in [5, 5.41) is 0.811. The highest BCUT2D eigenvalue weighted by molar-refractivity contribution is 8.00. The Labute approximate surface area is 139 Å². The van der Waals surface area contributed by atoms with Crippen LogP contribution in [0.4, 0.5) is 0 Å². The van der Waals surface area contributed by atoms with Crippen molar-refractivity contribution in [3.63, 3.8) is 0 Å². The number of hydrogen-bond donors (Lipinski definition) is 1. The van der Waals surface area contributed by atoms with E-state index in [1.165, 1.54) is 12.1 Å². The maximum Gasteiger partial charge on any atom is 0.243 e. The van der Waals surface area contributed by atoms with Gasteiger partial charge in [0, 0.05) is 30.8 Å². The van der Waals surface area contributed by atoms with Crippen molar-refractivity contribution in [2.24, 2.45) is 0 Å². The topological polar surface area (TPSA) is 55.4 Å². The number of sulfonamides is 1. The predicted octanol–water partition coefficient (Wildman–Crippen LogP) is 3.18. The molecule has 0 radical (unpaired) electrons. The molecule has 0 aromatic heterocycles. The normalized spacial score (nSPS) is 17.0. The minimum atomic E-state index is -3.68. The zero-order valence-corrected chi connectivity index (χ0v) is 14.5. The Balaban J connectivity index is 1.86. The molecule has 8 heteroatoms. The molecule has 1 aromatic carbocycles. The van der Waals surface area contributed by atoms with Crippen LogP contribution in [0.2, 0.25) is 10.0 Å². The predicted molar refractivity (Wildman–Crippen MR) is 87.9 cm³/mol. The lowest BCUT2D eigenvalue weighted by atomic mass is 10.2. The number of rotatable bonds is 6.